The molecule has 0 radical (unpaired) electrons. The number of aryl methyl sites for hydroxylation is 1. The Morgan fingerprint density at radius 1 is 1.35 bits per heavy atom. The Morgan fingerprint density at radius 2 is 2.15 bits per heavy atom. The molecule has 104 valence electrons. The van der Waals surface area contributed by atoms with Crippen LogP contribution in [0.1, 0.15) is 23.1 Å². The molecule has 1 aromatic heterocycles. The average molecular weight is 288 g/mol. The van der Waals surface area contributed by atoms with Crippen LogP contribution >= 0.6 is 11.3 Å². The van der Waals surface area contributed by atoms with Crippen LogP contribution in [0, 0.1) is 10.1 Å². The van der Waals surface area contributed by atoms with E-state index in [0.717, 1.165) is 24.8 Å². The van der Waals surface area contributed by atoms with Crippen molar-refractivity contribution in [1.29, 1.82) is 0 Å². The summed E-state index contributed by atoms with van der Waals surface area (Å²) in [5, 5.41) is 16.2. The second-order valence-corrected chi connectivity index (χ2v) is 6.03. The summed E-state index contributed by atoms with van der Waals surface area (Å²) in [6, 6.07) is 10.7. The van der Waals surface area contributed by atoms with Crippen LogP contribution in [-0.2, 0) is 19.4 Å². The fourth-order valence-corrected chi connectivity index (χ4v) is 3.41. The van der Waals surface area contributed by atoms with E-state index in [9.17, 15) is 10.1 Å². The molecule has 3 rings (SSSR count). The van der Waals surface area contributed by atoms with Crippen LogP contribution in [0.3, 0.4) is 0 Å². The van der Waals surface area contributed by atoms with Gasteiger partial charge in [0.2, 0.25) is 0 Å². The molecule has 0 fully saturated rings. The molecule has 0 amide bonds. The van der Waals surface area contributed by atoms with Crippen molar-refractivity contribution in [3.05, 3.63) is 62.5 Å². The molecule has 5 heteroatoms. The number of nitro groups is 1. The van der Waals surface area contributed by atoms with Gasteiger partial charge in [0.25, 0.3) is 0 Å². The van der Waals surface area contributed by atoms with Crippen molar-refractivity contribution < 1.29 is 4.92 Å². The predicted octanol–water partition coefficient (Wildman–Crippen LogP) is 3.30. The zero-order chi connectivity index (χ0) is 13.9. The van der Waals surface area contributed by atoms with Gasteiger partial charge in [-0.3, -0.25) is 10.1 Å². The third kappa shape index (κ3) is 2.89. The van der Waals surface area contributed by atoms with Crippen molar-refractivity contribution in [3.63, 3.8) is 0 Å². The second kappa shape index (κ2) is 5.73. The van der Waals surface area contributed by atoms with Gasteiger partial charge in [0.15, 0.2) is 0 Å². The predicted molar refractivity (Wildman–Crippen MR) is 80.1 cm³/mol. The summed E-state index contributed by atoms with van der Waals surface area (Å²) in [4.78, 5) is 10.3. The Morgan fingerprint density at radius 3 is 2.90 bits per heavy atom. The number of thiophene rings is 1. The maximum absolute atomic E-state index is 10.7. The van der Waals surface area contributed by atoms with Crippen molar-refractivity contribution in [3.8, 4) is 0 Å². The van der Waals surface area contributed by atoms with E-state index in [2.05, 4.69) is 29.6 Å². The summed E-state index contributed by atoms with van der Waals surface area (Å²) in [6.45, 7) is 0.706. The van der Waals surface area contributed by atoms with Crippen LogP contribution in [0.2, 0.25) is 0 Å². The fraction of sp³-hybridized carbons (Fsp3) is 0.333. The van der Waals surface area contributed by atoms with Crippen molar-refractivity contribution in [2.75, 3.05) is 0 Å². The Bertz CT molecular complexity index is 624. The number of hydrogen-bond donors (Lipinski definition) is 1. The lowest BCUT2D eigenvalue weighted by molar-refractivity contribution is -0.380. The first-order chi connectivity index (χ1) is 9.72. The molecule has 1 heterocycles. The highest BCUT2D eigenvalue weighted by Gasteiger charge is 2.18. The summed E-state index contributed by atoms with van der Waals surface area (Å²) in [5.74, 6) is 0. The third-order valence-electron chi connectivity index (χ3n) is 3.76. The molecule has 1 unspecified atom stereocenters. The summed E-state index contributed by atoms with van der Waals surface area (Å²) >= 11 is 1.19. The smallest absolute Gasteiger partial charge is 0.310 e. The SMILES string of the molecule is O=[N+]([O-])c1cc(CNC2CCc3ccccc3C2)cs1. The molecular formula is C15H16N2O2S. The van der Waals surface area contributed by atoms with Gasteiger partial charge in [0.1, 0.15) is 0 Å². The normalized spacial score (nSPS) is 17.7. The Balaban J connectivity index is 1.58. The van der Waals surface area contributed by atoms with E-state index in [0.29, 0.717) is 12.6 Å². The van der Waals surface area contributed by atoms with Crippen molar-refractivity contribution in [2.24, 2.45) is 0 Å². The molecule has 1 aromatic carbocycles. The van der Waals surface area contributed by atoms with Crippen molar-refractivity contribution in [1.82, 2.24) is 5.32 Å². The number of nitrogens with one attached hydrogen (secondary N) is 1. The molecular weight excluding hydrogens is 272 g/mol. The lowest BCUT2D eigenvalue weighted by Crippen LogP contribution is -2.33. The monoisotopic (exact) mass is 288 g/mol. The topological polar surface area (TPSA) is 55.2 Å². The molecule has 20 heavy (non-hydrogen) atoms. The van der Waals surface area contributed by atoms with Crippen molar-refractivity contribution in [2.45, 2.75) is 31.8 Å². The summed E-state index contributed by atoms with van der Waals surface area (Å²) in [5.41, 5.74) is 3.88. The van der Waals surface area contributed by atoms with E-state index >= 15 is 0 Å². The second-order valence-electron chi connectivity index (χ2n) is 5.14. The molecule has 4 nitrogen and oxygen atoms in total. The Labute approximate surface area is 121 Å². The van der Waals surface area contributed by atoms with E-state index in [1.165, 1.54) is 22.5 Å². The summed E-state index contributed by atoms with van der Waals surface area (Å²) in [6.07, 6.45) is 3.28. The highest BCUT2D eigenvalue weighted by atomic mass is 32.1. The average Bonchev–Trinajstić information content (AvgIpc) is 2.94. The highest BCUT2D eigenvalue weighted by molar-refractivity contribution is 7.13. The zero-order valence-corrected chi connectivity index (χ0v) is 11.9. The first-order valence-electron chi connectivity index (χ1n) is 6.74. The fourth-order valence-electron chi connectivity index (χ4n) is 2.69. The number of benzene rings is 1. The highest BCUT2D eigenvalue weighted by Crippen LogP contribution is 2.24. The quantitative estimate of drug-likeness (QED) is 0.693. The standard InChI is InChI=1S/C15H16N2O2S/c18-17(19)15-7-11(10-20-15)9-16-14-6-5-12-3-1-2-4-13(12)8-14/h1-4,7,10,14,16H,5-6,8-9H2. The molecule has 0 aliphatic heterocycles. The van der Waals surface area contributed by atoms with Crippen LogP contribution in [0.4, 0.5) is 5.00 Å². The first-order valence-corrected chi connectivity index (χ1v) is 7.62. The van der Waals surface area contributed by atoms with E-state index in [-0.39, 0.29) is 9.92 Å². The Kier molecular flexibility index (Phi) is 3.80. The Hall–Kier alpha value is -1.72. The van der Waals surface area contributed by atoms with Gasteiger partial charge in [-0.1, -0.05) is 35.6 Å². The van der Waals surface area contributed by atoms with Gasteiger partial charge in [0, 0.05) is 24.0 Å². The molecule has 0 bridgehead atoms. The molecule has 2 aromatic rings. The summed E-state index contributed by atoms with van der Waals surface area (Å²) in [7, 11) is 0. The molecule has 1 N–H and O–H groups in total. The van der Waals surface area contributed by atoms with Crippen molar-refractivity contribution >= 4 is 16.3 Å². The maximum Gasteiger partial charge on any atom is 0.324 e. The zero-order valence-electron chi connectivity index (χ0n) is 11.0. The number of rotatable bonds is 4. The number of fused-ring (bicyclic) bond motifs is 1. The van der Waals surface area contributed by atoms with E-state index in [4.69, 9.17) is 0 Å². The first kappa shape index (κ1) is 13.3. The minimum Gasteiger partial charge on any atom is -0.310 e. The lowest BCUT2D eigenvalue weighted by atomic mass is 9.88. The van der Waals surface area contributed by atoms with Gasteiger partial charge in [-0.05, 0) is 36.0 Å². The molecule has 1 aliphatic rings. The minimum absolute atomic E-state index is 0.218. The minimum atomic E-state index is -0.328. The van der Waals surface area contributed by atoms with E-state index in [1.54, 1.807) is 6.07 Å². The molecule has 0 saturated carbocycles. The van der Waals surface area contributed by atoms with Gasteiger partial charge in [0.05, 0.1) is 4.92 Å². The van der Waals surface area contributed by atoms with Gasteiger partial charge in [-0.15, -0.1) is 0 Å². The summed E-state index contributed by atoms with van der Waals surface area (Å²) < 4.78 is 0. The van der Waals surface area contributed by atoms with Crippen LogP contribution < -0.4 is 5.32 Å². The van der Waals surface area contributed by atoms with Gasteiger partial charge >= 0.3 is 5.00 Å². The van der Waals surface area contributed by atoms with Crippen LogP contribution in [0.25, 0.3) is 0 Å². The third-order valence-corrected chi connectivity index (χ3v) is 4.69. The number of hydrogen-bond acceptors (Lipinski definition) is 4. The van der Waals surface area contributed by atoms with E-state index < -0.39 is 0 Å². The van der Waals surface area contributed by atoms with Crippen LogP contribution in [-0.4, -0.2) is 11.0 Å². The van der Waals surface area contributed by atoms with Gasteiger partial charge < -0.3 is 5.32 Å². The molecule has 1 aliphatic carbocycles. The largest absolute Gasteiger partial charge is 0.324 e. The molecule has 0 saturated heterocycles. The van der Waals surface area contributed by atoms with Gasteiger partial charge in [-0.25, -0.2) is 0 Å². The van der Waals surface area contributed by atoms with E-state index in [1.807, 2.05) is 5.38 Å². The van der Waals surface area contributed by atoms with Crippen LogP contribution in [0.15, 0.2) is 35.7 Å². The maximum atomic E-state index is 10.7. The van der Waals surface area contributed by atoms with Gasteiger partial charge in [-0.2, -0.15) is 0 Å². The number of nitrogens with zero attached hydrogens (tertiary/aromatic N) is 1. The van der Waals surface area contributed by atoms with Crippen LogP contribution in [0.5, 0.6) is 0 Å². The molecule has 1 atom stereocenters. The molecule has 0 spiro atoms. The lowest BCUT2D eigenvalue weighted by Gasteiger charge is -2.25.